The van der Waals surface area contributed by atoms with Crippen LogP contribution < -0.4 is 4.74 Å². The van der Waals surface area contributed by atoms with Gasteiger partial charge in [-0.15, -0.1) is 11.3 Å². The monoisotopic (exact) mass is 371 g/mol. The average molecular weight is 371 g/mol. The third-order valence-electron chi connectivity index (χ3n) is 5.08. The number of aliphatic hydroxyl groups excluding tert-OH is 1. The minimum atomic E-state index is -0.852. The number of benzene rings is 1. The maximum Gasteiger partial charge on any atom is 0.223 e. The van der Waals surface area contributed by atoms with E-state index in [4.69, 9.17) is 4.74 Å². The lowest BCUT2D eigenvalue weighted by molar-refractivity contribution is -0.139. The van der Waals surface area contributed by atoms with Gasteiger partial charge < -0.3 is 14.7 Å². The molecule has 1 N–H and O–H groups in total. The summed E-state index contributed by atoms with van der Waals surface area (Å²) in [5, 5.41) is 10.9. The Labute approximate surface area is 156 Å². The highest BCUT2D eigenvalue weighted by Crippen LogP contribution is 2.48. The molecular weight excluding hydrogens is 350 g/mol. The van der Waals surface area contributed by atoms with Crippen molar-refractivity contribution in [3.63, 3.8) is 0 Å². The molecule has 1 amide bonds. The van der Waals surface area contributed by atoms with E-state index in [0.717, 1.165) is 11.3 Å². The SMILES string of the molecule is CC1(C)Oc2cc(C(=O)c3ccccc3)sc2[C@@H](N2CCCC2=O)[C@@H]1O. The second-order valence-electron chi connectivity index (χ2n) is 7.32. The molecule has 1 aromatic heterocycles. The maximum atomic E-state index is 12.8. The summed E-state index contributed by atoms with van der Waals surface area (Å²) >= 11 is 1.31. The predicted octanol–water partition coefficient (Wildman–Crippen LogP) is 3.17. The average Bonchev–Trinajstić information content (AvgIpc) is 3.22. The number of rotatable bonds is 3. The molecule has 1 fully saturated rings. The van der Waals surface area contributed by atoms with Crippen LogP contribution in [0, 0.1) is 0 Å². The molecule has 1 saturated heterocycles. The predicted molar refractivity (Wildman–Crippen MR) is 98.6 cm³/mol. The molecule has 1 aromatic carbocycles. The third kappa shape index (κ3) is 2.73. The minimum absolute atomic E-state index is 0.0436. The van der Waals surface area contributed by atoms with Crippen LogP contribution in [0.1, 0.15) is 52.8 Å². The zero-order valence-electron chi connectivity index (χ0n) is 14.8. The van der Waals surface area contributed by atoms with Gasteiger partial charge in [0, 0.05) is 24.6 Å². The van der Waals surface area contributed by atoms with Crippen LogP contribution in [0.15, 0.2) is 36.4 Å². The smallest absolute Gasteiger partial charge is 0.223 e. The van der Waals surface area contributed by atoms with E-state index in [1.54, 1.807) is 23.1 Å². The number of hydrogen-bond acceptors (Lipinski definition) is 5. The largest absolute Gasteiger partial charge is 0.484 e. The van der Waals surface area contributed by atoms with Crippen molar-refractivity contribution < 1.29 is 19.4 Å². The molecule has 0 saturated carbocycles. The summed E-state index contributed by atoms with van der Waals surface area (Å²) in [7, 11) is 0. The van der Waals surface area contributed by atoms with E-state index in [2.05, 4.69) is 0 Å². The van der Waals surface area contributed by atoms with Gasteiger partial charge in [0.15, 0.2) is 0 Å². The highest BCUT2D eigenvalue weighted by atomic mass is 32.1. The molecule has 5 nitrogen and oxygen atoms in total. The molecule has 136 valence electrons. The van der Waals surface area contributed by atoms with Gasteiger partial charge in [0.1, 0.15) is 17.5 Å². The summed E-state index contributed by atoms with van der Waals surface area (Å²) in [4.78, 5) is 28.2. The number of carbonyl (C=O) groups excluding carboxylic acids is 2. The van der Waals surface area contributed by atoms with Gasteiger partial charge in [-0.2, -0.15) is 0 Å². The van der Waals surface area contributed by atoms with Crippen LogP contribution in [0.2, 0.25) is 0 Å². The molecule has 0 radical (unpaired) electrons. The van der Waals surface area contributed by atoms with Crippen LogP contribution in [0.3, 0.4) is 0 Å². The van der Waals surface area contributed by atoms with E-state index in [1.807, 2.05) is 32.0 Å². The summed E-state index contributed by atoms with van der Waals surface area (Å²) in [5.41, 5.74) is -0.228. The van der Waals surface area contributed by atoms with Crippen molar-refractivity contribution >= 4 is 23.0 Å². The Morgan fingerprint density at radius 1 is 1.31 bits per heavy atom. The molecule has 0 aliphatic carbocycles. The summed E-state index contributed by atoms with van der Waals surface area (Å²) in [6, 6.07) is 10.4. The number of thiophene rings is 1. The molecule has 6 heteroatoms. The van der Waals surface area contributed by atoms with E-state index in [0.29, 0.717) is 29.2 Å². The molecule has 0 bridgehead atoms. The number of likely N-dealkylation sites (tertiary alicyclic amines) is 1. The number of aliphatic hydroxyl groups is 1. The zero-order chi connectivity index (χ0) is 18.5. The van der Waals surface area contributed by atoms with E-state index < -0.39 is 17.7 Å². The van der Waals surface area contributed by atoms with E-state index in [1.165, 1.54) is 11.3 Å². The molecule has 0 unspecified atom stereocenters. The Morgan fingerprint density at radius 3 is 2.69 bits per heavy atom. The Hall–Kier alpha value is -2.18. The first-order valence-electron chi connectivity index (χ1n) is 8.78. The highest BCUT2D eigenvalue weighted by molar-refractivity contribution is 7.14. The summed E-state index contributed by atoms with van der Waals surface area (Å²) in [6.07, 6.45) is 0.441. The van der Waals surface area contributed by atoms with Gasteiger partial charge in [-0.25, -0.2) is 0 Å². The molecule has 2 aliphatic heterocycles. The third-order valence-corrected chi connectivity index (χ3v) is 6.27. The van der Waals surface area contributed by atoms with Crippen LogP contribution in [0.4, 0.5) is 0 Å². The number of ketones is 1. The Bertz CT molecular complexity index is 858. The van der Waals surface area contributed by atoms with Crippen molar-refractivity contribution in [3.05, 3.63) is 51.7 Å². The van der Waals surface area contributed by atoms with E-state index in [-0.39, 0.29) is 11.7 Å². The number of hydrogen-bond donors (Lipinski definition) is 1. The number of amides is 1. The molecule has 2 aliphatic rings. The Balaban J connectivity index is 1.76. The fourth-order valence-electron chi connectivity index (χ4n) is 3.66. The lowest BCUT2D eigenvalue weighted by Crippen LogP contribution is -2.53. The van der Waals surface area contributed by atoms with Gasteiger partial charge in [0.2, 0.25) is 11.7 Å². The fraction of sp³-hybridized carbons (Fsp3) is 0.400. The van der Waals surface area contributed by atoms with Gasteiger partial charge in [-0.1, -0.05) is 30.3 Å². The van der Waals surface area contributed by atoms with Crippen LogP contribution >= 0.6 is 11.3 Å². The minimum Gasteiger partial charge on any atom is -0.484 e. The van der Waals surface area contributed by atoms with Gasteiger partial charge in [-0.05, 0) is 20.3 Å². The first kappa shape index (κ1) is 17.2. The first-order chi connectivity index (χ1) is 12.4. The van der Waals surface area contributed by atoms with Crippen molar-refractivity contribution in [1.29, 1.82) is 0 Å². The molecule has 0 spiro atoms. The van der Waals surface area contributed by atoms with Crippen molar-refractivity contribution in [3.8, 4) is 5.75 Å². The highest BCUT2D eigenvalue weighted by Gasteiger charge is 2.48. The van der Waals surface area contributed by atoms with Gasteiger partial charge in [0.25, 0.3) is 0 Å². The molecule has 3 heterocycles. The molecule has 4 rings (SSSR count). The van der Waals surface area contributed by atoms with Crippen LogP contribution in [-0.2, 0) is 4.79 Å². The van der Waals surface area contributed by atoms with Gasteiger partial charge in [0.05, 0.1) is 15.8 Å². The summed E-state index contributed by atoms with van der Waals surface area (Å²) in [6.45, 7) is 4.24. The lowest BCUT2D eigenvalue weighted by Gasteiger charge is -2.43. The zero-order valence-corrected chi connectivity index (χ0v) is 15.6. The second kappa shape index (κ2) is 6.21. The van der Waals surface area contributed by atoms with Gasteiger partial charge >= 0.3 is 0 Å². The molecule has 2 atom stereocenters. The topological polar surface area (TPSA) is 66.8 Å². The number of nitrogens with zero attached hydrogens (tertiary/aromatic N) is 1. The molecule has 2 aromatic rings. The molecular formula is C20H21NO4S. The second-order valence-corrected chi connectivity index (χ2v) is 8.40. The van der Waals surface area contributed by atoms with Crippen molar-refractivity contribution in [1.82, 2.24) is 4.90 Å². The van der Waals surface area contributed by atoms with Crippen molar-refractivity contribution in [2.24, 2.45) is 0 Å². The Kier molecular flexibility index (Phi) is 4.12. The summed E-state index contributed by atoms with van der Waals surface area (Å²) in [5.74, 6) is 0.559. The van der Waals surface area contributed by atoms with Crippen LogP contribution in [0.5, 0.6) is 5.75 Å². The van der Waals surface area contributed by atoms with Crippen molar-refractivity contribution in [2.45, 2.75) is 44.4 Å². The summed E-state index contributed by atoms with van der Waals surface area (Å²) < 4.78 is 5.99. The quantitative estimate of drug-likeness (QED) is 0.842. The maximum absolute atomic E-state index is 12.8. The Morgan fingerprint density at radius 2 is 2.04 bits per heavy atom. The first-order valence-corrected chi connectivity index (χ1v) is 9.60. The van der Waals surface area contributed by atoms with E-state index in [9.17, 15) is 14.7 Å². The fourth-order valence-corrected chi connectivity index (χ4v) is 4.85. The normalized spacial score (nSPS) is 24.3. The number of carbonyl (C=O) groups is 2. The van der Waals surface area contributed by atoms with Crippen molar-refractivity contribution in [2.75, 3.05) is 6.54 Å². The number of fused-ring (bicyclic) bond motifs is 1. The number of ether oxygens (including phenoxy) is 1. The standard InChI is InChI=1S/C20H21NO4S/c1-20(2)19(24)16(21-10-6-9-15(21)22)18-13(25-20)11-14(26-18)17(23)12-7-4-3-5-8-12/h3-5,7-8,11,16,19,24H,6,9-10H2,1-2H3/t16-,19+/m1/s1. The van der Waals surface area contributed by atoms with E-state index >= 15 is 0 Å². The lowest BCUT2D eigenvalue weighted by atomic mass is 9.89. The van der Waals surface area contributed by atoms with Gasteiger partial charge in [-0.3, -0.25) is 9.59 Å². The van der Waals surface area contributed by atoms with Crippen LogP contribution in [0.25, 0.3) is 0 Å². The van der Waals surface area contributed by atoms with Crippen LogP contribution in [-0.4, -0.2) is 39.9 Å². The molecule has 26 heavy (non-hydrogen) atoms.